The van der Waals surface area contributed by atoms with E-state index in [0.29, 0.717) is 17.9 Å². The van der Waals surface area contributed by atoms with Crippen LogP contribution in [-0.4, -0.2) is 12.6 Å². The quantitative estimate of drug-likeness (QED) is 0.484. The van der Waals surface area contributed by atoms with Crippen molar-refractivity contribution in [2.45, 2.75) is 33.1 Å². The summed E-state index contributed by atoms with van der Waals surface area (Å²) in [4.78, 5) is 11.8. The Balaban J connectivity index is 2.34. The van der Waals surface area contributed by atoms with Crippen molar-refractivity contribution in [1.82, 2.24) is 0 Å². The number of nitrogens with zero attached hydrogens (tertiary/aromatic N) is 1. The molecule has 108 valence electrons. The number of benzene rings is 1. The second-order valence-corrected chi connectivity index (χ2v) is 6.18. The Morgan fingerprint density at radius 3 is 2.75 bits per heavy atom. The van der Waals surface area contributed by atoms with Crippen LogP contribution < -0.4 is 5.73 Å². The monoisotopic (exact) mass is 338 g/mol. The molecule has 0 amide bonds. The van der Waals surface area contributed by atoms with Crippen molar-refractivity contribution in [3.8, 4) is 6.07 Å². The highest BCUT2D eigenvalue weighted by Crippen LogP contribution is 2.22. The maximum atomic E-state index is 11.8. The lowest BCUT2D eigenvalue weighted by Crippen LogP contribution is -2.10. The zero-order chi connectivity index (χ0) is 15.2. The van der Waals surface area contributed by atoms with Gasteiger partial charge in [-0.15, -0.1) is 0 Å². The van der Waals surface area contributed by atoms with E-state index in [1.54, 1.807) is 18.2 Å². The Bertz CT molecular complexity index is 521. The largest absolute Gasteiger partial charge is 0.462 e. The number of nitriles is 1. The molecule has 2 N–H and O–H groups in total. The van der Waals surface area contributed by atoms with Crippen molar-refractivity contribution in [1.29, 1.82) is 5.26 Å². The topological polar surface area (TPSA) is 76.1 Å². The van der Waals surface area contributed by atoms with E-state index in [-0.39, 0.29) is 11.4 Å². The van der Waals surface area contributed by atoms with Crippen molar-refractivity contribution in [2.24, 2.45) is 5.41 Å². The van der Waals surface area contributed by atoms with Gasteiger partial charge in [-0.2, -0.15) is 5.26 Å². The smallest absolute Gasteiger partial charge is 0.338 e. The third-order valence-corrected chi connectivity index (χ3v) is 3.69. The highest BCUT2D eigenvalue weighted by Gasteiger charge is 2.15. The van der Waals surface area contributed by atoms with Gasteiger partial charge in [0.2, 0.25) is 0 Å². The van der Waals surface area contributed by atoms with E-state index in [9.17, 15) is 4.79 Å². The number of esters is 1. The Morgan fingerprint density at radius 1 is 1.45 bits per heavy atom. The molecule has 0 saturated heterocycles. The molecular weight excluding hydrogens is 320 g/mol. The molecule has 4 nitrogen and oxygen atoms in total. The van der Waals surface area contributed by atoms with E-state index in [0.717, 1.165) is 23.7 Å². The SMILES string of the molecule is CC(C)(C#N)CCCCOC(=O)c1ccc(Br)c(N)c1. The standard InChI is InChI=1S/C15H19BrN2O2/c1-15(2,10-17)7-3-4-8-20-14(19)11-5-6-12(16)13(18)9-11/h5-6,9H,3-4,7-8,18H2,1-2H3. The fourth-order valence-corrected chi connectivity index (χ4v) is 1.89. The van der Waals surface area contributed by atoms with Crippen molar-refractivity contribution in [3.63, 3.8) is 0 Å². The Hall–Kier alpha value is -1.54. The molecule has 0 spiro atoms. The first kappa shape index (κ1) is 16.5. The zero-order valence-electron chi connectivity index (χ0n) is 11.8. The molecule has 0 bridgehead atoms. The minimum Gasteiger partial charge on any atom is -0.462 e. The summed E-state index contributed by atoms with van der Waals surface area (Å²) >= 11 is 3.27. The van der Waals surface area contributed by atoms with Gasteiger partial charge in [-0.1, -0.05) is 0 Å². The van der Waals surface area contributed by atoms with Gasteiger partial charge in [0.1, 0.15) is 0 Å². The first-order valence-electron chi connectivity index (χ1n) is 6.49. The summed E-state index contributed by atoms with van der Waals surface area (Å²) in [6.45, 7) is 4.17. The number of nitrogen functional groups attached to an aromatic ring is 1. The minimum atomic E-state index is -0.372. The second-order valence-electron chi connectivity index (χ2n) is 5.33. The van der Waals surface area contributed by atoms with Crippen LogP contribution in [-0.2, 0) is 4.74 Å². The Labute approximate surface area is 128 Å². The van der Waals surface area contributed by atoms with Gasteiger partial charge in [-0.3, -0.25) is 0 Å². The molecule has 1 rings (SSSR count). The van der Waals surface area contributed by atoms with Crippen LogP contribution >= 0.6 is 15.9 Å². The van der Waals surface area contributed by atoms with Gasteiger partial charge < -0.3 is 10.5 Å². The third kappa shape index (κ3) is 5.22. The van der Waals surface area contributed by atoms with Crippen LogP contribution in [0.1, 0.15) is 43.5 Å². The van der Waals surface area contributed by atoms with E-state index < -0.39 is 0 Å². The van der Waals surface area contributed by atoms with Gasteiger partial charge in [-0.05, 0) is 67.2 Å². The molecule has 0 radical (unpaired) electrons. The average Bonchev–Trinajstić information content (AvgIpc) is 2.41. The number of halogens is 1. The van der Waals surface area contributed by atoms with Gasteiger partial charge in [0.05, 0.1) is 23.7 Å². The van der Waals surface area contributed by atoms with E-state index in [2.05, 4.69) is 22.0 Å². The molecule has 0 aliphatic rings. The molecule has 0 aliphatic carbocycles. The van der Waals surface area contributed by atoms with Gasteiger partial charge in [0.25, 0.3) is 0 Å². The molecule has 20 heavy (non-hydrogen) atoms. The molecule has 1 aromatic rings. The van der Waals surface area contributed by atoms with Crippen LogP contribution in [0.5, 0.6) is 0 Å². The number of anilines is 1. The molecule has 0 aliphatic heterocycles. The summed E-state index contributed by atoms with van der Waals surface area (Å²) in [5.41, 5.74) is 6.35. The summed E-state index contributed by atoms with van der Waals surface area (Å²) < 4.78 is 5.94. The lowest BCUT2D eigenvalue weighted by molar-refractivity contribution is 0.0496. The van der Waals surface area contributed by atoms with Crippen LogP contribution in [0.2, 0.25) is 0 Å². The van der Waals surface area contributed by atoms with E-state index in [1.807, 2.05) is 13.8 Å². The summed E-state index contributed by atoms with van der Waals surface area (Å²) in [6, 6.07) is 7.23. The van der Waals surface area contributed by atoms with Gasteiger partial charge in [0.15, 0.2) is 0 Å². The van der Waals surface area contributed by atoms with E-state index >= 15 is 0 Å². The zero-order valence-corrected chi connectivity index (χ0v) is 13.4. The van der Waals surface area contributed by atoms with E-state index in [1.165, 1.54) is 0 Å². The Morgan fingerprint density at radius 2 is 2.15 bits per heavy atom. The van der Waals surface area contributed by atoms with Gasteiger partial charge >= 0.3 is 5.97 Å². The number of carbonyl (C=O) groups excluding carboxylic acids is 1. The number of nitrogens with two attached hydrogens (primary N) is 1. The summed E-state index contributed by atoms with van der Waals surface area (Å²) in [7, 11) is 0. The number of carbonyl (C=O) groups is 1. The molecule has 0 saturated carbocycles. The van der Waals surface area contributed by atoms with Crippen molar-refractivity contribution in [2.75, 3.05) is 12.3 Å². The van der Waals surface area contributed by atoms with Crippen molar-refractivity contribution < 1.29 is 9.53 Å². The summed E-state index contributed by atoms with van der Waals surface area (Å²) in [5, 5.41) is 8.88. The van der Waals surface area contributed by atoms with E-state index in [4.69, 9.17) is 15.7 Å². The first-order chi connectivity index (χ1) is 9.35. The predicted molar refractivity (Wildman–Crippen MR) is 82.1 cm³/mol. The molecule has 0 fully saturated rings. The lowest BCUT2D eigenvalue weighted by Gasteiger charge is -2.14. The van der Waals surface area contributed by atoms with Crippen molar-refractivity contribution in [3.05, 3.63) is 28.2 Å². The average molecular weight is 339 g/mol. The van der Waals surface area contributed by atoms with Crippen LogP contribution in [0.25, 0.3) is 0 Å². The highest BCUT2D eigenvalue weighted by molar-refractivity contribution is 9.10. The summed E-state index contributed by atoms with van der Waals surface area (Å²) in [5.74, 6) is -0.372. The second kappa shape index (κ2) is 7.30. The Kier molecular flexibility index (Phi) is 6.03. The lowest BCUT2D eigenvalue weighted by atomic mass is 9.89. The number of hydrogen-bond acceptors (Lipinski definition) is 4. The fourth-order valence-electron chi connectivity index (χ4n) is 1.64. The van der Waals surface area contributed by atoms with Crippen molar-refractivity contribution >= 4 is 27.6 Å². The minimum absolute atomic E-state index is 0.315. The predicted octanol–water partition coefficient (Wildman–Crippen LogP) is 3.91. The number of ether oxygens (including phenoxy) is 1. The van der Waals surface area contributed by atoms with Gasteiger partial charge in [-0.25, -0.2) is 4.79 Å². The molecule has 5 heteroatoms. The maximum Gasteiger partial charge on any atom is 0.338 e. The molecule has 0 aromatic heterocycles. The van der Waals surface area contributed by atoms with Crippen LogP contribution in [0.15, 0.2) is 22.7 Å². The fraction of sp³-hybridized carbons (Fsp3) is 0.467. The highest BCUT2D eigenvalue weighted by atomic mass is 79.9. The van der Waals surface area contributed by atoms with Crippen LogP contribution in [0.3, 0.4) is 0 Å². The van der Waals surface area contributed by atoms with Crippen LogP contribution in [0.4, 0.5) is 5.69 Å². The number of unbranched alkanes of at least 4 members (excludes halogenated alkanes) is 1. The molecule has 0 atom stereocenters. The number of rotatable bonds is 6. The first-order valence-corrected chi connectivity index (χ1v) is 7.28. The molecule has 0 heterocycles. The molecule has 0 unspecified atom stereocenters. The normalized spacial score (nSPS) is 10.9. The number of hydrogen-bond donors (Lipinski definition) is 1. The molecule has 1 aromatic carbocycles. The van der Waals surface area contributed by atoms with Gasteiger partial charge in [0, 0.05) is 10.2 Å². The van der Waals surface area contributed by atoms with Crippen LogP contribution in [0, 0.1) is 16.7 Å². The third-order valence-electron chi connectivity index (χ3n) is 2.96. The maximum absolute atomic E-state index is 11.8. The molecular formula is C15H19BrN2O2. The summed E-state index contributed by atoms with van der Waals surface area (Å²) in [6.07, 6.45) is 2.41.